The van der Waals surface area contributed by atoms with Crippen molar-refractivity contribution in [2.75, 3.05) is 7.11 Å². The van der Waals surface area contributed by atoms with Gasteiger partial charge in [0.1, 0.15) is 17.4 Å². The zero-order valence-corrected chi connectivity index (χ0v) is 19.0. The monoisotopic (exact) mass is 483 g/mol. The van der Waals surface area contributed by atoms with E-state index in [1.807, 2.05) is 13.1 Å². The van der Waals surface area contributed by atoms with Crippen LogP contribution in [0.4, 0.5) is 17.6 Å². The molecular formula is C25H21F4N5O. The van der Waals surface area contributed by atoms with Gasteiger partial charge in [-0.2, -0.15) is 0 Å². The number of hydrogen-bond acceptors (Lipinski definition) is 4. The van der Waals surface area contributed by atoms with E-state index in [4.69, 9.17) is 4.74 Å². The molecule has 3 heterocycles. The summed E-state index contributed by atoms with van der Waals surface area (Å²) < 4.78 is 65.6. The van der Waals surface area contributed by atoms with Gasteiger partial charge >= 0.3 is 0 Å². The average Bonchev–Trinajstić information content (AvgIpc) is 3.47. The lowest BCUT2D eigenvalue weighted by molar-refractivity contribution is 0.413. The molecule has 1 atom stereocenters. The van der Waals surface area contributed by atoms with Gasteiger partial charge in [-0.3, -0.25) is 0 Å². The van der Waals surface area contributed by atoms with E-state index in [-0.39, 0.29) is 11.4 Å². The van der Waals surface area contributed by atoms with Crippen molar-refractivity contribution in [2.24, 2.45) is 0 Å². The van der Waals surface area contributed by atoms with Crippen LogP contribution in [0, 0.1) is 24.4 Å². The predicted octanol–water partition coefficient (Wildman–Crippen LogP) is 5.59. The van der Waals surface area contributed by atoms with Crippen molar-refractivity contribution in [3.05, 3.63) is 88.8 Å². The van der Waals surface area contributed by atoms with Crippen LogP contribution >= 0.6 is 0 Å². The highest BCUT2D eigenvalue weighted by molar-refractivity contribution is 5.75. The van der Waals surface area contributed by atoms with Crippen LogP contribution in [-0.4, -0.2) is 31.4 Å². The largest absolute Gasteiger partial charge is 0.495 e. The van der Waals surface area contributed by atoms with Gasteiger partial charge in [-0.15, -0.1) is 5.10 Å². The quantitative estimate of drug-likeness (QED) is 0.274. The predicted molar refractivity (Wildman–Crippen MR) is 121 cm³/mol. The summed E-state index contributed by atoms with van der Waals surface area (Å²) in [4.78, 5) is 8.50. The fraction of sp³-hybridized carbons (Fsp3) is 0.240. The van der Waals surface area contributed by atoms with Crippen molar-refractivity contribution in [3.63, 3.8) is 0 Å². The molecule has 1 unspecified atom stereocenters. The van der Waals surface area contributed by atoms with Gasteiger partial charge in [0, 0.05) is 30.3 Å². The molecule has 2 aromatic heterocycles. The van der Waals surface area contributed by atoms with E-state index in [1.54, 1.807) is 29.1 Å². The van der Waals surface area contributed by atoms with E-state index >= 15 is 4.39 Å². The second-order valence-electron chi connectivity index (χ2n) is 8.35. The van der Waals surface area contributed by atoms with Gasteiger partial charge in [0.25, 0.3) is 0 Å². The second-order valence-corrected chi connectivity index (χ2v) is 8.35. The fourth-order valence-corrected chi connectivity index (χ4v) is 4.31. The Bertz CT molecular complexity index is 1440. The first-order valence-corrected chi connectivity index (χ1v) is 11.0. The Morgan fingerprint density at radius 1 is 1.11 bits per heavy atom. The standard InChI is InChI=1S/C25H21F4N5O/c1-14-12-33(13-30-14)22-6-5-15(9-23(22)35-2)8-21(29)24-31-25-16(4-3-7-34(25)32-24)17-10-19(27)20(28)11-18(17)26/h5-6,8-13,16H,3-4,7H2,1-2H3. The van der Waals surface area contributed by atoms with Gasteiger partial charge < -0.3 is 9.30 Å². The van der Waals surface area contributed by atoms with Crippen molar-refractivity contribution in [1.29, 1.82) is 0 Å². The maximum absolute atomic E-state index is 15.2. The number of aromatic nitrogens is 5. The molecule has 2 aromatic carbocycles. The third-order valence-corrected chi connectivity index (χ3v) is 5.99. The first kappa shape index (κ1) is 22.8. The van der Waals surface area contributed by atoms with Crippen LogP contribution in [0.1, 0.15) is 47.2 Å². The van der Waals surface area contributed by atoms with Crippen LogP contribution in [-0.2, 0) is 6.54 Å². The van der Waals surface area contributed by atoms with Crippen LogP contribution in [0.5, 0.6) is 5.75 Å². The summed E-state index contributed by atoms with van der Waals surface area (Å²) in [6, 6.07) is 6.54. The van der Waals surface area contributed by atoms with Crippen LogP contribution < -0.4 is 4.74 Å². The molecule has 0 saturated heterocycles. The summed E-state index contributed by atoms with van der Waals surface area (Å²) >= 11 is 0. The molecule has 6 nitrogen and oxygen atoms in total. The van der Waals surface area contributed by atoms with E-state index in [0.29, 0.717) is 42.6 Å². The maximum Gasteiger partial charge on any atom is 0.210 e. The maximum atomic E-state index is 15.2. The highest BCUT2D eigenvalue weighted by Gasteiger charge is 2.29. The summed E-state index contributed by atoms with van der Waals surface area (Å²) in [6.07, 6.45) is 5.85. The minimum absolute atomic E-state index is 0.0248. The number of halogens is 4. The molecule has 0 radical (unpaired) electrons. The van der Waals surface area contributed by atoms with Crippen molar-refractivity contribution in [3.8, 4) is 11.4 Å². The van der Waals surface area contributed by atoms with Crippen LogP contribution in [0.15, 0.2) is 42.9 Å². The summed E-state index contributed by atoms with van der Waals surface area (Å²) in [5.74, 6) is -3.96. The lowest BCUT2D eigenvalue weighted by atomic mass is 9.90. The Hall–Kier alpha value is -3.95. The molecule has 0 saturated carbocycles. The van der Waals surface area contributed by atoms with Crippen LogP contribution in [0.25, 0.3) is 17.6 Å². The number of imidazole rings is 1. The molecule has 0 aliphatic carbocycles. The van der Waals surface area contributed by atoms with Gasteiger partial charge in [-0.05, 0) is 49.6 Å². The highest BCUT2D eigenvalue weighted by Crippen LogP contribution is 2.35. The Morgan fingerprint density at radius 2 is 1.91 bits per heavy atom. The lowest BCUT2D eigenvalue weighted by Crippen LogP contribution is -2.19. The lowest BCUT2D eigenvalue weighted by Gasteiger charge is -2.22. The van der Waals surface area contributed by atoms with Gasteiger partial charge in [0.15, 0.2) is 17.5 Å². The zero-order chi connectivity index (χ0) is 24.7. The molecule has 0 N–H and O–H groups in total. The summed E-state index contributed by atoms with van der Waals surface area (Å²) in [6.45, 7) is 2.34. The van der Waals surface area contributed by atoms with E-state index in [0.717, 1.165) is 17.4 Å². The Labute approximate surface area is 198 Å². The Balaban J connectivity index is 1.47. The summed E-state index contributed by atoms with van der Waals surface area (Å²) in [7, 11) is 1.52. The SMILES string of the molecule is COc1cc(C=C(F)c2nc3n(n2)CCCC3c2cc(F)c(F)cc2F)ccc1-n1cnc(C)c1. The molecule has 4 aromatic rings. The minimum atomic E-state index is -1.26. The normalized spacial score (nSPS) is 15.8. The van der Waals surface area contributed by atoms with E-state index in [1.165, 1.54) is 17.9 Å². The molecule has 0 amide bonds. The minimum Gasteiger partial charge on any atom is -0.495 e. The number of methoxy groups -OCH3 is 1. The highest BCUT2D eigenvalue weighted by atomic mass is 19.2. The molecular weight excluding hydrogens is 462 g/mol. The van der Waals surface area contributed by atoms with E-state index < -0.39 is 29.2 Å². The molecule has 10 heteroatoms. The van der Waals surface area contributed by atoms with E-state index in [2.05, 4.69) is 15.1 Å². The van der Waals surface area contributed by atoms with E-state index in [9.17, 15) is 13.2 Å². The average molecular weight is 483 g/mol. The smallest absolute Gasteiger partial charge is 0.210 e. The van der Waals surface area contributed by atoms with Crippen molar-refractivity contribution in [2.45, 2.75) is 32.2 Å². The number of hydrogen-bond donors (Lipinski definition) is 0. The van der Waals surface area contributed by atoms with Gasteiger partial charge in [-0.25, -0.2) is 32.2 Å². The third-order valence-electron chi connectivity index (χ3n) is 5.99. The number of fused-ring (bicyclic) bond motifs is 1. The molecule has 0 fully saturated rings. The number of aryl methyl sites for hydroxylation is 2. The number of rotatable bonds is 5. The number of benzene rings is 2. The molecule has 1 aliphatic heterocycles. The van der Waals surface area contributed by atoms with Crippen molar-refractivity contribution >= 4 is 11.9 Å². The molecule has 1 aliphatic rings. The molecule has 180 valence electrons. The van der Waals surface area contributed by atoms with Gasteiger partial charge in [0.2, 0.25) is 5.82 Å². The van der Waals surface area contributed by atoms with Crippen molar-refractivity contribution in [1.82, 2.24) is 24.3 Å². The fourth-order valence-electron chi connectivity index (χ4n) is 4.31. The molecule has 0 bridgehead atoms. The molecule has 0 spiro atoms. The topological polar surface area (TPSA) is 57.8 Å². The summed E-state index contributed by atoms with van der Waals surface area (Å²) in [5, 5.41) is 4.23. The van der Waals surface area contributed by atoms with Gasteiger partial charge in [0.05, 0.1) is 24.8 Å². The third kappa shape index (κ3) is 4.31. The zero-order valence-electron chi connectivity index (χ0n) is 19.0. The van der Waals surface area contributed by atoms with Crippen LogP contribution in [0.2, 0.25) is 0 Å². The summed E-state index contributed by atoms with van der Waals surface area (Å²) in [5.41, 5.74) is 2.09. The first-order valence-electron chi connectivity index (χ1n) is 11.0. The Morgan fingerprint density at radius 3 is 2.66 bits per heavy atom. The molecule has 35 heavy (non-hydrogen) atoms. The van der Waals surface area contributed by atoms with Gasteiger partial charge in [-0.1, -0.05) is 6.07 Å². The number of ether oxygens (including phenoxy) is 1. The van der Waals surface area contributed by atoms with Crippen molar-refractivity contribution < 1.29 is 22.3 Å². The Kier molecular flexibility index (Phi) is 5.88. The van der Waals surface area contributed by atoms with Crippen LogP contribution in [0.3, 0.4) is 0 Å². The first-order chi connectivity index (χ1) is 16.8. The second kappa shape index (κ2) is 9.01. The molecule has 5 rings (SSSR count). The number of nitrogens with zero attached hydrogens (tertiary/aromatic N) is 5.